The molecule has 1 fully saturated rings. The van der Waals surface area contributed by atoms with Gasteiger partial charge in [0.1, 0.15) is 11.5 Å². The second-order valence-corrected chi connectivity index (χ2v) is 4.94. The van der Waals surface area contributed by atoms with Crippen LogP contribution in [0.2, 0.25) is 0 Å². The maximum absolute atomic E-state index is 9.55. The topological polar surface area (TPSA) is 52.5 Å². The fourth-order valence-corrected chi connectivity index (χ4v) is 1.75. The second-order valence-electron chi connectivity index (χ2n) is 4.94. The van der Waals surface area contributed by atoms with Gasteiger partial charge in [-0.25, -0.2) is 0 Å². The van der Waals surface area contributed by atoms with Crippen LogP contribution in [0, 0.1) is 5.41 Å². The molecular formula is C12H17NO2. The molecule has 0 saturated heterocycles. The molecule has 0 spiro atoms. The molecule has 1 unspecified atom stereocenters. The Morgan fingerprint density at radius 3 is 2.60 bits per heavy atom. The Hall–Kier alpha value is -1.22. The third-order valence-electron chi connectivity index (χ3n) is 3.12. The minimum Gasteiger partial charge on any atom is -0.508 e. The largest absolute Gasteiger partial charge is 0.508 e. The van der Waals surface area contributed by atoms with Crippen LogP contribution < -0.4 is 5.32 Å². The van der Waals surface area contributed by atoms with Crippen molar-refractivity contribution in [3.63, 3.8) is 0 Å². The monoisotopic (exact) mass is 207 g/mol. The van der Waals surface area contributed by atoms with Crippen molar-refractivity contribution in [1.82, 2.24) is 5.32 Å². The van der Waals surface area contributed by atoms with Gasteiger partial charge in [0, 0.05) is 24.2 Å². The van der Waals surface area contributed by atoms with E-state index in [0.29, 0.717) is 18.0 Å². The normalized spacial score (nSPS) is 22.7. The summed E-state index contributed by atoms with van der Waals surface area (Å²) in [5.74, 6) is 0.254. The van der Waals surface area contributed by atoms with Crippen molar-refractivity contribution in [2.24, 2.45) is 5.41 Å². The number of phenolic OH excluding ortho intramolecular Hbond substituents is 2. The fourth-order valence-electron chi connectivity index (χ4n) is 1.75. The molecule has 1 aliphatic rings. The van der Waals surface area contributed by atoms with Gasteiger partial charge in [-0.2, -0.15) is 0 Å². The number of aromatic hydroxyl groups is 2. The molecule has 0 bridgehead atoms. The van der Waals surface area contributed by atoms with Crippen molar-refractivity contribution >= 4 is 0 Å². The first kappa shape index (κ1) is 10.3. The first-order chi connectivity index (χ1) is 6.99. The lowest BCUT2D eigenvalue weighted by Crippen LogP contribution is -2.19. The number of rotatable bonds is 3. The minimum atomic E-state index is 0.100. The molecule has 0 radical (unpaired) electrons. The fraction of sp³-hybridized carbons (Fsp3) is 0.500. The lowest BCUT2D eigenvalue weighted by molar-refractivity contribution is 0.442. The predicted molar refractivity (Wildman–Crippen MR) is 58.8 cm³/mol. The van der Waals surface area contributed by atoms with Gasteiger partial charge in [0.05, 0.1) is 0 Å². The van der Waals surface area contributed by atoms with Gasteiger partial charge < -0.3 is 15.5 Å². The van der Waals surface area contributed by atoms with Gasteiger partial charge in [-0.1, -0.05) is 19.9 Å². The molecule has 3 nitrogen and oxygen atoms in total. The maximum Gasteiger partial charge on any atom is 0.123 e. The molecule has 1 aliphatic carbocycles. The van der Waals surface area contributed by atoms with Gasteiger partial charge in [-0.05, 0) is 17.9 Å². The summed E-state index contributed by atoms with van der Waals surface area (Å²) in [5, 5.41) is 22.1. The lowest BCUT2D eigenvalue weighted by Gasteiger charge is -2.08. The van der Waals surface area contributed by atoms with Gasteiger partial charge in [-0.15, -0.1) is 0 Å². The predicted octanol–water partition coefficient (Wildman–Crippen LogP) is 1.99. The van der Waals surface area contributed by atoms with Crippen LogP contribution in [0.15, 0.2) is 18.2 Å². The van der Waals surface area contributed by atoms with Crippen molar-refractivity contribution in [1.29, 1.82) is 0 Å². The summed E-state index contributed by atoms with van der Waals surface area (Å²) in [4.78, 5) is 0. The summed E-state index contributed by atoms with van der Waals surface area (Å²) in [7, 11) is 0. The van der Waals surface area contributed by atoms with Crippen LogP contribution in [-0.2, 0) is 6.54 Å². The Bertz CT molecular complexity index is 374. The summed E-state index contributed by atoms with van der Waals surface area (Å²) >= 11 is 0. The molecule has 1 aromatic rings. The highest BCUT2D eigenvalue weighted by Gasteiger charge is 2.45. The van der Waals surface area contributed by atoms with Crippen molar-refractivity contribution in [3.8, 4) is 11.5 Å². The lowest BCUT2D eigenvalue weighted by atomic mass is 10.1. The molecule has 1 aromatic carbocycles. The second kappa shape index (κ2) is 3.42. The van der Waals surface area contributed by atoms with Crippen LogP contribution in [-0.4, -0.2) is 16.3 Å². The zero-order valence-electron chi connectivity index (χ0n) is 9.12. The summed E-state index contributed by atoms with van der Waals surface area (Å²) < 4.78 is 0. The van der Waals surface area contributed by atoms with Gasteiger partial charge in [0.25, 0.3) is 0 Å². The summed E-state index contributed by atoms with van der Waals surface area (Å²) in [6.07, 6.45) is 1.19. The first-order valence-electron chi connectivity index (χ1n) is 5.23. The van der Waals surface area contributed by atoms with Crippen molar-refractivity contribution in [2.45, 2.75) is 32.9 Å². The summed E-state index contributed by atoms with van der Waals surface area (Å²) in [5.41, 5.74) is 1.22. The molecule has 3 N–H and O–H groups in total. The molecule has 0 aromatic heterocycles. The van der Waals surface area contributed by atoms with Crippen LogP contribution in [0.3, 0.4) is 0 Å². The average Bonchev–Trinajstić information content (AvgIpc) is 2.73. The van der Waals surface area contributed by atoms with E-state index in [-0.39, 0.29) is 11.5 Å². The van der Waals surface area contributed by atoms with E-state index in [1.54, 1.807) is 12.1 Å². The SMILES string of the molecule is CC1(C)CC1NCc1ccc(O)cc1O. The Kier molecular flexibility index (Phi) is 2.35. The number of phenols is 2. The van der Waals surface area contributed by atoms with E-state index in [0.717, 1.165) is 5.56 Å². The number of benzene rings is 1. The highest BCUT2D eigenvalue weighted by Crippen LogP contribution is 2.44. The molecule has 0 heterocycles. The zero-order chi connectivity index (χ0) is 11.1. The van der Waals surface area contributed by atoms with Crippen LogP contribution in [0.25, 0.3) is 0 Å². The Morgan fingerprint density at radius 2 is 2.07 bits per heavy atom. The van der Waals surface area contributed by atoms with E-state index in [4.69, 9.17) is 5.11 Å². The smallest absolute Gasteiger partial charge is 0.123 e. The van der Waals surface area contributed by atoms with E-state index in [9.17, 15) is 5.11 Å². The third kappa shape index (κ3) is 2.23. The molecule has 0 amide bonds. The van der Waals surface area contributed by atoms with E-state index in [2.05, 4.69) is 19.2 Å². The number of hydrogen-bond acceptors (Lipinski definition) is 3. The molecular weight excluding hydrogens is 190 g/mol. The van der Waals surface area contributed by atoms with Crippen LogP contribution >= 0.6 is 0 Å². The zero-order valence-corrected chi connectivity index (χ0v) is 9.12. The number of hydrogen-bond donors (Lipinski definition) is 3. The van der Waals surface area contributed by atoms with Crippen LogP contribution in [0.5, 0.6) is 11.5 Å². The maximum atomic E-state index is 9.55. The molecule has 1 saturated carbocycles. The van der Waals surface area contributed by atoms with Gasteiger partial charge >= 0.3 is 0 Å². The molecule has 1 atom stereocenters. The van der Waals surface area contributed by atoms with E-state index in [1.165, 1.54) is 12.5 Å². The highest BCUT2D eigenvalue weighted by atomic mass is 16.3. The van der Waals surface area contributed by atoms with Crippen molar-refractivity contribution < 1.29 is 10.2 Å². The summed E-state index contributed by atoms with van der Waals surface area (Å²) in [6, 6.07) is 5.25. The molecule has 0 aliphatic heterocycles. The van der Waals surface area contributed by atoms with Crippen LogP contribution in [0.1, 0.15) is 25.8 Å². The van der Waals surface area contributed by atoms with Gasteiger partial charge in [0.15, 0.2) is 0 Å². The van der Waals surface area contributed by atoms with Crippen LogP contribution in [0.4, 0.5) is 0 Å². The Balaban J connectivity index is 1.94. The molecule has 3 heteroatoms. The minimum absolute atomic E-state index is 0.100. The Morgan fingerprint density at radius 1 is 1.40 bits per heavy atom. The molecule has 15 heavy (non-hydrogen) atoms. The third-order valence-corrected chi connectivity index (χ3v) is 3.12. The van der Waals surface area contributed by atoms with Gasteiger partial charge in [0.2, 0.25) is 0 Å². The standard InChI is InChI=1S/C12H17NO2/c1-12(2)6-11(12)13-7-8-3-4-9(14)5-10(8)15/h3-5,11,13-15H,6-7H2,1-2H3. The quantitative estimate of drug-likeness (QED) is 0.710. The van der Waals surface area contributed by atoms with Crippen molar-refractivity contribution in [3.05, 3.63) is 23.8 Å². The first-order valence-corrected chi connectivity index (χ1v) is 5.23. The van der Waals surface area contributed by atoms with E-state index in [1.807, 2.05) is 0 Å². The van der Waals surface area contributed by atoms with Gasteiger partial charge in [-0.3, -0.25) is 0 Å². The summed E-state index contributed by atoms with van der Waals surface area (Å²) in [6.45, 7) is 5.10. The average molecular weight is 207 g/mol. The Labute approximate surface area is 89.8 Å². The highest BCUT2D eigenvalue weighted by molar-refractivity contribution is 5.38. The van der Waals surface area contributed by atoms with E-state index < -0.39 is 0 Å². The number of nitrogens with one attached hydrogen (secondary N) is 1. The van der Waals surface area contributed by atoms with Crippen molar-refractivity contribution in [2.75, 3.05) is 0 Å². The molecule has 2 rings (SSSR count). The van der Waals surface area contributed by atoms with E-state index >= 15 is 0 Å². The molecule has 82 valence electrons.